The van der Waals surface area contributed by atoms with Crippen LogP contribution in [0.3, 0.4) is 0 Å². The average molecular weight is 387 g/mol. The molecular formula is C24H36P2. The maximum Gasteiger partial charge on any atom is -0.0184 e. The van der Waals surface area contributed by atoms with E-state index in [4.69, 9.17) is 0 Å². The van der Waals surface area contributed by atoms with E-state index in [-0.39, 0.29) is 15.8 Å². The number of benzene rings is 2. The summed E-state index contributed by atoms with van der Waals surface area (Å²) >= 11 is 0. The van der Waals surface area contributed by atoms with E-state index >= 15 is 0 Å². The highest BCUT2D eigenvalue weighted by molar-refractivity contribution is 7.67. The zero-order valence-electron chi connectivity index (χ0n) is 17.8. The summed E-state index contributed by atoms with van der Waals surface area (Å²) in [4.78, 5) is 0. The molecule has 0 heterocycles. The normalized spacial score (nSPS) is 12.4. The van der Waals surface area contributed by atoms with Gasteiger partial charge in [-0.2, -0.15) is 0 Å². The van der Waals surface area contributed by atoms with Crippen LogP contribution in [0, 0.1) is 0 Å². The SMILES string of the molecule is CC(C)P(c1ccc(-c2ccc(P(C(C)C)C(C)C)cc2)cc1)C(C)C. The molecule has 0 aliphatic heterocycles. The van der Waals surface area contributed by atoms with Gasteiger partial charge in [0.15, 0.2) is 0 Å². The highest BCUT2D eigenvalue weighted by atomic mass is 31.1. The molecule has 0 N–H and O–H groups in total. The van der Waals surface area contributed by atoms with E-state index in [0.717, 1.165) is 22.6 Å². The lowest BCUT2D eigenvalue weighted by molar-refractivity contribution is 1.02. The van der Waals surface area contributed by atoms with E-state index in [1.807, 2.05) is 0 Å². The van der Waals surface area contributed by atoms with E-state index in [1.165, 1.54) is 21.7 Å². The lowest BCUT2D eigenvalue weighted by atomic mass is 10.1. The van der Waals surface area contributed by atoms with Crippen molar-refractivity contribution >= 4 is 26.5 Å². The maximum absolute atomic E-state index is 2.37. The first-order chi connectivity index (χ1) is 12.2. The van der Waals surface area contributed by atoms with Crippen LogP contribution in [0.2, 0.25) is 0 Å². The zero-order valence-corrected chi connectivity index (χ0v) is 19.6. The third-order valence-electron chi connectivity index (χ3n) is 4.89. The van der Waals surface area contributed by atoms with Gasteiger partial charge in [-0.3, -0.25) is 0 Å². The Labute approximate surface area is 164 Å². The second-order valence-corrected chi connectivity index (χ2v) is 15.1. The Balaban J connectivity index is 2.24. The summed E-state index contributed by atoms with van der Waals surface area (Å²) in [6, 6.07) is 18.7. The molecule has 2 aromatic rings. The fraction of sp³-hybridized carbons (Fsp3) is 0.500. The molecule has 0 unspecified atom stereocenters. The monoisotopic (exact) mass is 386 g/mol. The van der Waals surface area contributed by atoms with Gasteiger partial charge >= 0.3 is 0 Å². The fourth-order valence-corrected chi connectivity index (χ4v) is 9.79. The number of hydrogen-bond acceptors (Lipinski definition) is 0. The van der Waals surface area contributed by atoms with Gasteiger partial charge in [0.05, 0.1) is 0 Å². The van der Waals surface area contributed by atoms with Gasteiger partial charge in [0.25, 0.3) is 0 Å². The van der Waals surface area contributed by atoms with Gasteiger partial charge < -0.3 is 0 Å². The van der Waals surface area contributed by atoms with Crippen LogP contribution in [0.5, 0.6) is 0 Å². The van der Waals surface area contributed by atoms with Crippen LogP contribution in [0.1, 0.15) is 55.4 Å². The van der Waals surface area contributed by atoms with Gasteiger partial charge in [0.1, 0.15) is 0 Å². The summed E-state index contributed by atoms with van der Waals surface area (Å²) in [6.45, 7) is 18.9. The van der Waals surface area contributed by atoms with Gasteiger partial charge in [-0.1, -0.05) is 120 Å². The van der Waals surface area contributed by atoms with E-state index in [2.05, 4.69) is 104 Å². The molecule has 0 aliphatic rings. The van der Waals surface area contributed by atoms with Crippen LogP contribution < -0.4 is 10.6 Å². The molecule has 0 bridgehead atoms. The van der Waals surface area contributed by atoms with Crippen LogP contribution >= 0.6 is 15.8 Å². The first-order valence-electron chi connectivity index (χ1n) is 9.99. The summed E-state index contributed by atoms with van der Waals surface area (Å²) in [7, 11) is -0.162. The van der Waals surface area contributed by atoms with Gasteiger partial charge in [0.2, 0.25) is 0 Å². The van der Waals surface area contributed by atoms with E-state index in [1.54, 1.807) is 0 Å². The molecule has 2 aromatic carbocycles. The smallest absolute Gasteiger partial charge is 0.0184 e. The lowest BCUT2D eigenvalue weighted by Crippen LogP contribution is -2.15. The summed E-state index contributed by atoms with van der Waals surface area (Å²) in [5.74, 6) is 0. The molecule has 0 nitrogen and oxygen atoms in total. The topological polar surface area (TPSA) is 0 Å². The highest BCUT2D eigenvalue weighted by Crippen LogP contribution is 2.46. The van der Waals surface area contributed by atoms with Crippen LogP contribution in [0.25, 0.3) is 11.1 Å². The van der Waals surface area contributed by atoms with Crippen molar-refractivity contribution in [1.29, 1.82) is 0 Å². The molecule has 0 radical (unpaired) electrons. The van der Waals surface area contributed by atoms with Crippen molar-refractivity contribution in [1.82, 2.24) is 0 Å². The van der Waals surface area contributed by atoms with Crippen molar-refractivity contribution in [2.45, 2.75) is 78.0 Å². The molecule has 142 valence electrons. The molecule has 0 aromatic heterocycles. The summed E-state index contributed by atoms with van der Waals surface area (Å²) in [5.41, 5.74) is 5.62. The number of hydrogen-bond donors (Lipinski definition) is 0. The predicted molar refractivity (Wildman–Crippen MR) is 126 cm³/mol. The maximum atomic E-state index is 2.37. The molecule has 0 saturated heterocycles. The molecule has 0 saturated carbocycles. The van der Waals surface area contributed by atoms with Gasteiger partial charge in [0, 0.05) is 0 Å². The Hall–Kier alpha value is -0.700. The standard InChI is InChI=1S/C24H36P2/c1-17(2)25(18(3)4)23-13-9-21(10-14-23)22-11-15-24(16-12-22)26(19(5)6)20(7)8/h9-20H,1-8H3. The minimum Gasteiger partial charge on any atom is -0.0701 e. The van der Waals surface area contributed by atoms with Crippen molar-refractivity contribution < 1.29 is 0 Å². The summed E-state index contributed by atoms with van der Waals surface area (Å²) < 4.78 is 0. The lowest BCUT2D eigenvalue weighted by Gasteiger charge is -2.27. The Morgan fingerprint density at radius 3 is 0.846 bits per heavy atom. The molecule has 2 rings (SSSR count). The predicted octanol–water partition coefficient (Wildman–Crippen LogP) is 7.20. The van der Waals surface area contributed by atoms with Crippen molar-refractivity contribution in [2.75, 3.05) is 0 Å². The minimum absolute atomic E-state index is 0.0809. The Morgan fingerprint density at radius 1 is 0.423 bits per heavy atom. The zero-order chi connectivity index (χ0) is 19.4. The molecule has 0 fully saturated rings. The van der Waals surface area contributed by atoms with Crippen molar-refractivity contribution in [2.24, 2.45) is 0 Å². The molecule has 26 heavy (non-hydrogen) atoms. The highest BCUT2D eigenvalue weighted by Gasteiger charge is 2.20. The molecule has 0 atom stereocenters. The quantitative estimate of drug-likeness (QED) is 0.441. The summed E-state index contributed by atoms with van der Waals surface area (Å²) in [5, 5.41) is 3.07. The first kappa shape index (κ1) is 21.6. The number of rotatable bonds is 7. The van der Waals surface area contributed by atoms with Gasteiger partial charge in [-0.15, -0.1) is 0 Å². The molecular weight excluding hydrogens is 350 g/mol. The van der Waals surface area contributed by atoms with Gasteiger partial charge in [-0.05, 0) is 44.4 Å². The van der Waals surface area contributed by atoms with Crippen LogP contribution in [0.4, 0.5) is 0 Å². The van der Waals surface area contributed by atoms with E-state index in [9.17, 15) is 0 Å². The first-order valence-corrected chi connectivity index (χ1v) is 13.0. The molecule has 2 heteroatoms. The third kappa shape index (κ3) is 5.18. The second kappa shape index (κ2) is 9.48. The summed E-state index contributed by atoms with van der Waals surface area (Å²) in [6.07, 6.45) is 0. The fourth-order valence-electron chi connectivity index (χ4n) is 4.04. The molecule has 0 amide bonds. The Morgan fingerprint density at radius 2 is 0.654 bits per heavy atom. The van der Waals surface area contributed by atoms with Gasteiger partial charge in [-0.25, -0.2) is 0 Å². The molecule has 0 spiro atoms. The van der Waals surface area contributed by atoms with E-state index < -0.39 is 0 Å². The Kier molecular flexibility index (Phi) is 7.88. The second-order valence-electron chi connectivity index (χ2n) is 8.28. The minimum atomic E-state index is -0.0809. The van der Waals surface area contributed by atoms with Crippen molar-refractivity contribution in [3.8, 4) is 11.1 Å². The van der Waals surface area contributed by atoms with E-state index in [0.29, 0.717) is 0 Å². The Bertz CT molecular complexity index is 589. The average Bonchev–Trinajstić information content (AvgIpc) is 2.55. The van der Waals surface area contributed by atoms with Crippen LogP contribution in [-0.2, 0) is 0 Å². The van der Waals surface area contributed by atoms with Crippen LogP contribution in [-0.4, -0.2) is 22.6 Å². The largest absolute Gasteiger partial charge is 0.0701 e. The molecule has 0 aliphatic carbocycles. The third-order valence-corrected chi connectivity index (χ3v) is 11.1. The van der Waals surface area contributed by atoms with Crippen LogP contribution in [0.15, 0.2) is 48.5 Å². The van der Waals surface area contributed by atoms with Crippen molar-refractivity contribution in [3.05, 3.63) is 48.5 Å². The van der Waals surface area contributed by atoms with Crippen molar-refractivity contribution in [3.63, 3.8) is 0 Å².